The van der Waals surface area contributed by atoms with Crippen molar-refractivity contribution in [1.82, 2.24) is 4.57 Å². The molecule has 0 spiro atoms. The van der Waals surface area contributed by atoms with Crippen molar-refractivity contribution in [1.29, 1.82) is 0 Å². The number of benzene rings is 8. The molecule has 0 N–H and O–H groups in total. The highest BCUT2D eigenvalue weighted by atomic mass is 16.3. The van der Waals surface area contributed by atoms with Crippen LogP contribution >= 0.6 is 0 Å². The summed E-state index contributed by atoms with van der Waals surface area (Å²) in [6.07, 6.45) is 0.723. The summed E-state index contributed by atoms with van der Waals surface area (Å²) in [4.78, 5) is 10.3. The quantitative estimate of drug-likeness (QED) is 0.169. The minimum absolute atomic E-state index is 0.0162. The van der Waals surface area contributed by atoms with Gasteiger partial charge in [0.05, 0.1) is 22.8 Å². The Hall–Kier alpha value is -7.30. The summed E-state index contributed by atoms with van der Waals surface area (Å²) in [5, 5.41) is 4.68. The van der Waals surface area contributed by atoms with Crippen molar-refractivity contribution in [3.63, 3.8) is 0 Å². The molecule has 2 aromatic heterocycles. The van der Waals surface area contributed by atoms with Crippen LogP contribution in [0.25, 0.3) is 71.7 Å². The molecule has 3 heterocycles. The topological polar surface area (TPSA) is 42.8 Å². The zero-order valence-electron chi connectivity index (χ0n) is 30.5. The van der Waals surface area contributed by atoms with Gasteiger partial charge in [0.15, 0.2) is 5.84 Å². The van der Waals surface area contributed by atoms with E-state index in [1.807, 2.05) is 18.2 Å². The lowest BCUT2D eigenvalue weighted by Crippen LogP contribution is -2.17. The Morgan fingerprint density at radius 1 is 0.464 bits per heavy atom. The second-order valence-electron chi connectivity index (χ2n) is 14.5. The lowest BCUT2D eigenvalue weighted by atomic mass is 9.93. The lowest BCUT2D eigenvalue weighted by molar-refractivity contribution is 0.668. The molecule has 0 radical (unpaired) electrons. The van der Waals surface area contributed by atoms with Crippen LogP contribution in [-0.2, 0) is 0 Å². The summed E-state index contributed by atoms with van der Waals surface area (Å²) >= 11 is 0. The van der Waals surface area contributed by atoms with Gasteiger partial charge in [-0.2, -0.15) is 0 Å². The smallest absolute Gasteiger partial charge is 0.155 e. The van der Waals surface area contributed by atoms with Gasteiger partial charge in [0, 0.05) is 45.3 Å². The number of nitrogens with zero attached hydrogens (tertiary/aromatic N) is 3. The molecule has 0 bridgehead atoms. The molecular weight excluding hydrogens is 683 g/mol. The van der Waals surface area contributed by atoms with Crippen LogP contribution < -0.4 is 0 Å². The van der Waals surface area contributed by atoms with Gasteiger partial charge >= 0.3 is 0 Å². The van der Waals surface area contributed by atoms with Gasteiger partial charge in [-0.05, 0) is 69.8 Å². The average molecular weight is 718 g/mol. The second-order valence-corrected chi connectivity index (χ2v) is 14.5. The Balaban J connectivity index is 1.02. The highest BCUT2D eigenvalue weighted by Gasteiger charge is 2.23. The maximum Gasteiger partial charge on any atom is 0.155 e. The van der Waals surface area contributed by atoms with E-state index in [0.717, 1.165) is 67.8 Å². The number of rotatable bonds is 6. The highest BCUT2D eigenvalue weighted by Crippen LogP contribution is 2.41. The van der Waals surface area contributed by atoms with Gasteiger partial charge in [-0.25, -0.2) is 4.99 Å². The third-order valence-electron chi connectivity index (χ3n) is 11.2. The minimum atomic E-state index is -0.0162. The summed E-state index contributed by atoms with van der Waals surface area (Å²) in [6.45, 7) is 0. The number of aliphatic imine (C=N–C) groups is 2. The van der Waals surface area contributed by atoms with E-state index in [9.17, 15) is 0 Å². The summed E-state index contributed by atoms with van der Waals surface area (Å²) in [6, 6.07) is 68.6. The Bertz CT molecular complexity index is 3150. The van der Waals surface area contributed by atoms with Gasteiger partial charge in [0.2, 0.25) is 0 Å². The van der Waals surface area contributed by atoms with Crippen LogP contribution in [0.5, 0.6) is 0 Å². The van der Waals surface area contributed by atoms with Crippen LogP contribution in [0.15, 0.2) is 209 Å². The van der Waals surface area contributed by atoms with Crippen molar-refractivity contribution in [2.24, 2.45) is 9.98 Å². The summed E-state index contributed by atoms with van der Waals surface area (Å²) in [7, 11) is 0. The van der Waals surface area contributed by atoms with Crippen LogP contribution in [0.4, 0.5) is 0 Å². The van der Waals surface area contributed by atoms with Crippen molar-refractivity contribution in [2.75, 3.05) is 0 Å². The number of para-hydroxylation sites is 1. The summed E-state index contributed by atoms with van der Waals surface area (Å²) in [5.41, 5.74) is 14.2. The van der Waals surface area contributed by atoms with E-state index in [0.29, 0.717) is 0 Å². The molecule has 56 heavy (non-hydrogen) atoms. The highest BCUT2D eigenvalue weighted by molar-refractivity contribution is 6.18. The number of furan rings is 1. The first-order valence-corrected chi connectivity index (χ1v) is 19.2. The molecule has 1 unspecified atom stereocenters. The molecule has 0 fully saturated rings. The average Bonchev–Trinajstić information content (AvgIpc) is 3.83. The Morgan fingerprint density at radius 3 is 1.93 bits per heavy atom. The maximum absolute atomic E-state index is 6.69. The van der Waals surface area contributed by atoms with Crippen molar-refractivity contribution in [3.05, 3.63) is 211 Å². The van der Waals surface area contributed by atoms with Crippen molar-refractivity contribution >= 4 is 55.3 Å². The van der Waals surface area contributed by atoms with E-state index in [1.54, 1.807) is 0 Å². The largest absolute Gasteiger partial charge is 0.456 e. The van der Waals surface area contributed by atoms with Crippen molar-refractivity contribution < 1.29 is 4.42 Å². The molecule has 4 nitrogen and oxygen atoms in total. The first-order valence-electron chi connectivity index (χ1n) is 19.2. The molecule has 1 atom stereocenters. The molecule has 0 aliphatic carbocycles. The van der Waals surface area contributed by atoms with E-state index < -0.39 is 0 Å². The Kier molecular flexibility index (Phi) is 7.59. The van der Waals surface area contributed by atoms with Crippen LogP contribution in [0.3, 0.4) is 0 Å². The Morgan fingerprint density at radius 2 is 1.11 bits per heavy atom. The van der Waals surface area contributed by atoms with Crippen molar-refractivity contribution in [3.8, 4) is 27.9 Å². The molecule has 10 aromatic rings. The van der Waals surface area contributed by atoms with E-state index in [2.05, 4.69) is 180 Å². The fraction of sp³-hybridized carbons (Fsp3) is 0.0385. The number of aromatic nitrogens is 1. The SMILES string of the molecule is c1ccc(C2=NC(c3ccccc3)CC(c3cccc(-c4cccc5oc6cc(-n7c8ccccc8c8c(-c9ccccc9)cccc87)ccc6c45)c3)=N2)cc1. The number of fused-ring (bicyclic) bond motifs is 6. The summed E-state index contributed by atoms with van der Waals surface area (Å²) in [5.74, 6) is 0.768. The second kappa shape index (κ2) is 13.2. The maximum atomic E-state index is 6.69. The fourth-order valence-electron chi connectivity index (χ4n) is 8.57. The lowest BCUT2D eigenvalue weighted by Gasteiger charge is -2.21. The zero-order chi connectivity index (χ0) is 37.0. The predicted molar refractivity (Wildman–Crippen MR) is 232 cm³/mol. The fourth-order valence-corrected chi connectivity index (χ4v) is 8.57. The Labute approximate surface area is 324 Å². The van der Waals surface area contributed by atoms with Gasteiger partial charge in [-0.3, -0.25) is 4.99 Å². The molecule has 0 saturated carbocycles. The molecule has 1 aliphatic heterocycles. The predicted octanol–water partition coefficient (Wildman–Crippen LogP) is 13.4. The molecule has 1 aliphatic rings. The zero-order valence-corrected chi connectivity index (χ0v) is 30.5. The molecule has 8 aromatic carbocycles. The first-order chi connectivity index (χ1) is 27.8. The van der Waals surface area contributed by atoms with Gasteiger partial charge in [0.25, 0.3) is 0 Å². The molecule has 0 amide bonds. The van der Waals surface area contributed by atoms with E-state index in [-0.39, 0.29) is 6.04 Å². The molecule has 11 rings (SSSR count). The van der Waals surface area contributed by atoms with Gasteiger partial charge in [0.1, 0.15) is 11.2 Å². The van der Waals surface area contributed by atoms with E-state index in [1.165, 1.54) is 38.5 Å². The molecule has 4 heteroatoms. The monoisotopic (exact) mass is 717 g/mol. The normalized spacial score (nSPS) is 14.4. The number of hydrogen-bond donors (Lipinski definition) is 0. The molecular formula is C52H35N3O. The molecule has 264 valence electrons. The van der Waals surface area contributed by atoms with Crippen LogP contribution in [0, 0.1) is 0 Å². The van der Waals surface area contributed by atoms with E-state index in [4.69, 9.17) is 14.4 Å². The van der Waals surface area contributed by atoms with E-state index >= 15 is 0 Å². The third kappa shape index (κ3) is 5.38. The number of amidine groups is 1. The van der Waals surface area contributed by atoms with Gasteiger partial charge in [-0.1, -0.05) is 152 Å². The van der Waals surface area contributed by atoms with Crippen LogP contribution in [0.1, 0.15) is 29.2 Å². The summed E-state index contributed by atoms with van der Waals surface area (Å²) < 4.78 is 9.06. The minimum Gasteiger partial charge on any atom is -0.456 e. The van der Waals surface area contributed by atoms with Crippen LogP contribution in [0.2, 0.25) is 0 Å². The molecule has 0 saturated heterocycles. The number of hydrogen-bond acceptors (Lipinski definition) is 3. The van der Waals surface area contributed by atoms with Crippen molar-refractivity contribution in [2.45, 2.75) is 12.5 Å². The standard InChI is InChI=1S/C52H35N3O/c1-4-15-34(16-5-1)40-24-13-27-47-50(40)42-23-10-11-26-46(42)55(47)39-29-30-43-49(32-39)56-48-28-14-25-41(51(43)48)37-21-12-22-38(31-37)45-33-44(35-17-6-2-7-18-35)53-52(54-45)36-19-8-3-9-20-36/h1-32,44H,33H2. The third-order valence-corrected chi connectivity index (χ3v) is 11.2. The first kappa shape index (κ1) is 32.2. The van der Waals surface area contributed by atoms with Gasteiger partial charge < -0.3 is 8.98 Å². The van der Waals surface area contributed by atoms with Gasteiger partial charge in [-0.15, -0.1) is 0 Å². The van der Waals surface area contributed by atoms with Crippen LogP contribution in [-0.4, -0.2) is 16.1 Å².